The van der Waals surface area contributed by atoms with E-state index in [1.807, 2.05) is 6.08 Å². The van der Waals surface area contributed by atoms with Crippen molar-refractivity contribution in [2.75, 3.05) is 5.33 Å². The highest BCUT2D eigenvalue weighted by Gasteiger charge is 1.82. The second kappa shape index (κ2) is 11.0. The molecule has 0 atom stereocenters. The minimum absolute atomic E-state index is 1.14. The van der Waals surface area contributed by atoms with Gasteiger partial charge in [-0.2, -0.15) is 0 Å². The van der Waals surface area contributed by atoms with Gasteiger partial charge < -0.3 is 0 Å². The first-order valence-electron chi connectivity index (χ1n) is 4.73. The molecule has 0 N–H and O–H groups in total. The molecule has 0 saturated heterocycles. The van der Waals surface area contributed by atoms with Gasteiger partial charge in [0.2, 0.25) is 0 Å². The first kappa shape index (κ1) is 12.0. The molecule has 0 aliphatic carbocycles. The van der Waals surface area contributed by atoms with Crippen molar-refractivity contribution in [2.24, 2.45) is 0 Å². The van der Waals surface area contributed by atoms with Gasteiger partial charge in [-0.25, -0.2) is 0 Å². The monoisotopic (exact) mass is 230 g/mol. The Kier molecular flexibility index (Phi) is 10.9. The van der Waals surface area contributed by atoms with Crippen LogP contribution in [0.2, 0.25) is 0 Å². The van der Waals surface area contributed by atoms with Crippen molar-refractivity contribution in [3.05, 3.63) is 24.8 Å². The van der Waals surface area contributed by atoms with Crippen LogP contribution >= 0.6 is 15.9 Å². The molecule has 0 aliphatic rings. The molecule has 0 saturated carbocycles. The number of halogens is 1. The summed E-state index contributed by atoms with van der Waals surface area (Å²) >= 11 is 3.42. The van der Waals surface area contributed by atoms with Crippen LogP contribution in [0.1, 0.15) is 38.5 Å². The number of allylic oxidation sites excluding steroid dienone is 3. The van der Waals surface area contributed by atoms with E-state index in [2.05, 4.69) is 34.7 Å². The van der Waals surface area contributed by atoms with E-state index < -0.39 is 0 Å². The number of hydrogen-bond donors (Lipinski definition) is 0. The van der Waals surface area contributed by atoms with Gasteiger partial charge in [0.25, 0.3) is 0 Å². The summed E-state index contributed by atoms with van der Waals surface area (Å²) in [6.45, 7) is 3.69. The van der Waals surface area contributed by atoms with E-state index in [-0.39, 0.29) is 0 Å². The molecule has 0 heterocycles. The van der Waals surface area contributed by atoms with Crippen LogP contribution in [-0.4, -0.2) is 5.33 Å². The highest BCUT2D eigenvalue weighted by atomic mass is 79.9. The Morgan fingerprint density at radius 1 is 0.917 bits per heavy atom. The van der Waals surface area contributed by atoms with Crippen molar-refractivity contribution >= 4 is 15.9 Å². The van der Waals surface area contributed by atoms with Crippen LogP contribution in [0, 0.1) is 0 Å². The molecule has 0 bridgehead atoms. The maximum absolute atomic E-state index is 3.69. The van der Waals surface area contributed by atoms with Crippen molar-refractivity contribution in [2.45, 2.75) is 38.5 Å². The fourth-order valence-corrected chi connectivity index (χ4v) is 1.37. The lowest BCUT2D eigenvalue weighted by Gasteiger charge is -1.91. The minimum atomic E-state index is 1.14. The number of alkyl halides is 1. The molecule has 0 rings (SSSR count). The summed E-state index contributed by atoms with van der Waals surface area (Å²) in [6.07, 6.45) is 14.0. The van der Waals surface area contributed by atoms with Crippen molar-refractivity contribution in [3.8, 4) is 0 Å². The molecule has 0 fully saturated rings. The third kappa shape index (κ3) is 9.96. The Morgan fingerprint density at radius 2 is 1.58 bits per heavy atom. The van der Waals surface area contributed by atoms with Gasteiger partial charge >= 0.3 is 0 Å². The molecule has 0 aromatic heterocycles. The normalized spacial score (nSPS) is 10.8. The number of hydrogen-bond acceptors (Lipinski definition) is 0. The lowest BCUT2D eigenvalue weighted by molar-refractivity contribution is 0.815. The van der Waals surface area contributed by atoms with Gasteiger partial charge in [-0.3, -0.25) is 0 Å². The lowest BCUT2D eigenvalue weighted by atomic mass is 10.2. The Morgan fingerprint density at radius 3 is 2.17 bits per heavy atom. The van der Waals surface area contributed by atoms with Crippen molar-refractivity contribution < 1.29 is 0 Å². The molecule has 0 aromatic rings. The third-order valence-corrected chi connectivity index (χ3v) is 2.26. The van der Waals surface area contributed by atoms with Crippen molar-refractivity contribution in [3.63, 3.8) is 0 Å². The average Bonchev–Trinajstić information content (AvgIpc) is 2.10. The van der Waals surface area contributed by atoms with E-state index in [9.17, 15) is 0 Å². The first-order chi connectivity index (χ1) is 5.91. The molecule has 12 heavy (non-hydrogen) atoms. The van der Waals surface area contributed by atoms with Crippen molar-refractivity contribution in [1.82, 2.24) is 0 Å². The van der Waals surface area contributed by atoms with Crippen LogP contribution in [0.15, 0.2) is 24.8 Å². The van der Waals surface area contributed by atoms with Crippen molar-refractivity contribution in [1.29, 1.82) is 0 Å². The highest BCUT2D eigenvalue weighted by molar-refractivity contribution is 9.09. The van der Waals surface area contributed by atoms with E-state index in [1.165, 1.54) is 32.1 Å². The maximum atomic E-state index is 3.69. The SMILES string of the molecule is C=CCCCC=CCCCCBr. The van der Waals surface area contributed by atoms with Crippen LogP contribution < -0.4 is 0 Å². The molecular formula is C11H19Br. The van der Waals surface area contributed by atoms with Crippen LogP contribution in [0.25, 0.3) is 0 Å². The van der Waals surface area contributed by atoms with E-state index in [4.69, 9.17) is 0 Å². The minimum Gasteiger partial charge on any atom is -0.103 e. The molecule has 70 valence electrons. The third-order valence-electron chi connectivity index (χ3n) is 1.70. The molecule has 0 nitrogen and oxygen atoms in total. The fourth-order valence-electron chi connectivity index (χ4n) is 0.972. The summed E-state index contributed by atoms with van der Waals surface area (Å²) in [5.74, 6) is 0. The summed E-state index contributed by atoms with van der Waals surface area (Å²) in [5, 5.41) is 1.14. The predicted octanol–water partition coefficient (Wildman–Crippen LogP) is 4.46. The zero-order valence-corrected chi connectivity index (χ0v) is 9.35. The maximum Gasteiger partial charge on any atom is 0.00314 e. The quantitative estimate of drug-likeness (QED) is 0.328. The average molecular weight is 231 g/mol. The second-order valence-electron chi connectivity index (χ2n) is 2.88. The predicted molar refractivity (Wildman–Crippen MR) is 60.8 cm³/mol. The fraction of sp³-hybridized carbons (Fsp3) is 0.636. The molecule has 0 aliphatic heterocycles. The standard InChI is InChI=1S/C11H19Br/c1-2-3-4-5-6-7-8-9-10-11-12/h2,6-7H,1,3-5,8-11H2. The molecule has 0 radical (unpaired) electrons. The first-order valence-corrected chi connectivity index (χ1v) is 5.86. The van der Waals surface area contributed by atoms with Crippen LogP contribution in [0.5, 0.6) is 0 Å². The lowest BCUT2D eigenvalue weighted by Crippen LogP contribution is -1.74. The van der Waals surface area contributed by atoms with Gasteiger partial charge in [0.15, 0.2) is 0 Å². The summed E-state index contributed by atoms with van der Waals surface area (Å²) in [5.41, 5.74) is 0. The zero-order valence-electron chi connectivity index (χ0n) is 7.77. The van der Waals surface area contributed by atoms with Gasteiger partial charge in [0.05, 0.1) is 0 Å². The van der Waals surface area contributed by atoms with E-state index in [0.717, 1.165) is 11.8 Å². The summed E-state index contributed by atoms with van der Waals surface area (Å²) in [7, 11) is 0. The van der Waals surface area contributed by atoms with Gasteiger partial charge in [0.1, 0.15) is 0 Å². The molecule has 0 spiro atoms. The zero-order chi connectivity index (χ0) is 9.07. The smallest absolute Gasteiger partial charge is 0.00314 e. The van der Waals surface area contributed by atoms with Gasteiger partial charge in [-0.05, 0) is 38.5 Å². The van der Waals surface area contributed by atoms with Crippen LogP contribution in [0.4, 0.5) is 0 Å². The van der Waals surface area contributed by atoms with Gasteiger partial charge in [-0.1, -0.05) is 34.2 Å². The Balaban J connectivity index is 2.98. The Labute approximate surface area is 84.9 Å². The topological polar surface area (TPSA) is 0 Å². The number of unbranched alkanes of at least 4 members (excludes halogenated alkanes) is 4. The molecule has 0 aromatic carbocycles. The Hall–Kier alpha value is -0.0400. The highest BCUT2D eigenvalue weighted by Crippen LogP contribution is 2.02. The molecular weight excluding hydrogens is 212 g/mol. The van der Waals surface area contributed by atoms with Crippen LogP contribution in [-0.2, 0) is 0 Å². The summed E-state index contributed by atoms with van der Waals surface area (Å²) in [6, 6.07) is 0. The second-order valence-corrected chi connectivity index (χ2v) is 3.67. The Bertz CT molecular complexity index is 116. The molecule has 0 amide bonds. The molecule has 0 unspecified atom stereocenters. The van der Waals surface area contributed by atoms with E-state index in [0.29, 0.717) is 0 Å². The summed E-state index contributed by atoms with van der Waals surface area (Å²) in [4.78, 5) is 0. The number of rotatable bonds is 8. The molecule has 1 heteroatoms. The van der Waals surface area contributed by atoms with Gasteiger partial charge in [-0.15, -0.1) is 6.58 Å². The van der Waals surface area contributed by atoms with E-state index in [1.54, 1.807) is 0 Å². The summed E-state index contributed by atoms with van der Waals surface area (Å²) < 4.78 is 0. The van der Waals surface area contributed by atoms with E-state index >= 15 is 0 Å². The van der Waals surface area contributed by atoms with Gasteiger partial charge in [0, 0.05) is 5.33 Å². The largest absolute Gasteiger partial charge is 0.103 e. The van der Waals surface area contributed by atoms with Crippen LogP contribution in [0.3, 0.4) is 0 Å².